The fourth-order valence-corrected chi connectivity index (χ4v) is 2.02. The van der Waals surface area contributed by atoms with Crippen molar-refractivity contribution in [3.8, 4) is 11.5 Å². The van der Waals surface area contributed by atoms with Crippen LogP contribution < -0.4 is 9.47 Å². The van der Waals surface area contributed by atoms with E-state index in [1.54, 1.807) is 0 Å². The molecule has 0 aliphatic carbocycles. The van der Waals surface area contributed by atoms with Crippen molar-refractivity contribution in [1.82, 2.24) is 0 Å². The number of hydrogen-bond donors (Lipinski definition) is 0. The van der Waals surface area contributed by atoms with Gasteiger partial charge in [-0.2, -0.15) is 0 Å². The van der Waals surface area contributed by atoms with Gasteiger partial charge in [-0.3, -0.25) is 0 Å². The van der Waals surface area contributed by atoms with Crippen LogP contribution in [0.2, 0.25) is 0 Å². The number of unbranched alkanes of at least 4 members (excludes halogenated alkanes) is 2. The van der Waals surface area contributed by atoms with Gasteiger partial charge in [-0.05, 0) is 50.8 Å². The van der Waals surface area contributed by atoms with Crippen molar-refractivity contribution in [2.45, 2.75) is 45.8 Å². The second-order valence-corrected chi connectivity index (χ2v) is 5.22. The van der Waals surface area contributed by atoms with Crippen molar-refractivity contribution in [3.05, 3.63) is 23.8 Å². The Morgan fingerprint density at radius 1 is 1.05 bits per heavy atom. The first kappa shape index (κ1) is 15.1. The molecule has 0 unspecified atom stereocenters. The summed E-state index contributed by atoms with van der Waals surface area (Å²) < 4.78 is 21.8. The quantitative estimate of drug-likeness (QED) is 0.648. The summed E-state index contributed by atoms with van der Waals surface area (Å²) in [4.78, 5) is 0. The number of ether oxygens (including phenoxy) is 4. The van der Waals surface area contributed by atoms with Gasteiger partial charge in [0.1, 0.15) is 0 Å². The lowest BCUT2D eigenvalue weighted by molar-refractivity contribution is 0.0719. The normalized spacial score (nSPS) is 13.2. The third kappa shape index (κ3) is 5.02. The Kier molecular flexibility index (Phi) is 6.15. The monoisotopic (exact) mass is 280 g/mol. The molecule has 4 heteroatoms. The minimum Gasteiger partial charge on any atom is -0.454 e. The highest BCUT2D eigenvalue weighted by molar-refractivity contribution is 5.44. The average Bonchev–Trinajstić information content (AvgIpc) is 2.89. The van der Waals surface area contributed by atoms with Gasteiger partial charge in [-0.25, -0.2) is 0 Å². The zero-order chi connectivity index (χ0) is 14.2. The maximum atomic E-state index is 5.67. The summed E-state index contributed by atoms with van der Waals surface area (Å²) in [6.07, 6.45) is 3.66. The van der Waals surface area contributed by atoms with Crippen molar-refractivity contribution >= 4 is 0 Å². The third-order valence-corrected chi connectivity index (χ3v) is 3.09. The number of benzene rings is 1. The molecule has 112 valence electrons. The van der Waals surface area contributed by atoms with Crippen LogP contribution in [0.4, 0.5) is 0 Å². The first-order valence-electron chi connectivity index (χ1n) is 7.33. The van der Waals surface area contributed by atoms with E-state index in [0.29, 0.717) is 19.5 Å². The SMILES string of the molecule is CC(C)OCCCCCOCc1ccc2c(c1)OCO2. The second kappa shape index (κ2) is 8.12. The van der Waals surface area contributed by atoms with E-state index in [1.807, 2.05) is 18.2 Å². The van der Waals surface area contributed by atoms with E-state index in [2.05, 4.69) is 13.8 Å². The number of rotatable bonds is 9. The molecule has 1 aliphatic rings. The highest BCUT2D eigenvalue weighted by Crippen LogP contribution is 2.32. The van der Waals surface area contributed by atoms with Gasteiger partial charge in [-0.15, -0.1) is 0 Å². The van der Waals surface area contributed by atoms with E-state index in [-0.39, 0.29) is 0 Å². The van der Waals surface area contributed by atoms with Gasteiger partial charge in [0, 0.05) is 13.2 Å². The molecule has 0 N–H and O–H groups in total. The summed E-state index contributed by atoms with van der Waals surface area (Å²) in [7, 11) is 0. The van der Waals surface area contributed by atoms with Crippen LogP contribution in [0.1, 0.15) is 38.7 Å². The summed E-state index contributed by atoms with van der Waals surface area (Å²) in [5.74, 6) is 1.64. The zero-order valence-corrected chi connectivity index (χ0v) is 12.4. The predicted octanol–water partition coefficient (Wildman–Crippen LogP) is 3.53. The fraction of sp³-hybridized carbons (Fsp3) is 0.625. The Hall–Kier alpha value is -1.26. The van der Waals surface area contributed by atoms with Gasteiger partial charge < -0.3 is 18.9 Å². The number of hydrogen-bond acceptors (Lipinski definition) is 4. The number of fused-ring (bicyclic) bond motifs is 1. The summed E-state index contributed by atoms with van der Waals surface area (Å²) in [6, 6.07) is 5.94. The van der Waals surface area contributed by atoms with Crippen molar-refractivity contribution in [1.29, 1.82) is 0 Å². The Balaban J connectivity index is 1.53. The molecule has 1 aliphatic heterocycles. The Morgan fingerprint density at radius 2 is 1.85 bits per heavy atom. The lowest BCUT2D eigenvalue weighted by Gasteiger charge is -2.07. The molecule has 0 atom stereocenters. The van der Waals surface area contributed by atoms with Crippen LogP contribution >= 0.6 is 0 Å². The Labute approximate surface area is 121 Å². The molecular formula is C16H24O4. The Morgan fingerprint density at radius 3 is 2.70 bits per heavy atom. The molecule has 2 rings (SSSR count). The minimum absolute atomic E-state index is 0.318. The van der Waals surface area contributed by atoms with Crippen LogP contribution in [0.25, 0.3) is 0 Å². The topological polar surface area (TPSA) is 36.9 Å². The van der Waals surface area contributed by atoms with Crippen LogP contribution in [0.15, 0.2) is 18.2 Å². The minimum atomic E-state index is 0.318. The summed E-state index contributed by atoms with van der Waals surface area (Å²) in [6.45, 7) is 6.70. The van der Waals surface area contributed by atoms with Crippen LogP contribution in [-0.4, -0.2) is 26.1 Å². The molecular weight excluding hydrogens is 256 g/mol. The van der Waals surface area contributed by atoms with E-state index < -0.39 is 0 Å². The molecule has 0 bridgehead atoms. The predicted molar refractivity (Wildman–Crippen MR) is 77.2 cm³/mol. The molecule has 0 spiro atoms. The largest absolute Gasteiger partial charge is 0.454 e. The van der Waals surface area contributed by atoms with E-state index in [0.717, 1.165) is 49.5 Å². The maximum absolute atomic E-state index is 5.67. The lowest BCUT2D eigenvalue weighted by Crippen LogP contribution is -2.04. The molecule has 0 amide bonds. The molecule has 1 aromatic carbocycles. The molecule has 0 aromatic heterocycles. The van der Waals surface area contributed by atoms with Crippen molar-refractivity contribution in [2.75, 3.05) is 20.0 Å². The molecule has 4 nitrogen and oxygen atoms in total. The summed E-state index contributed by atoms with van der Waals surface area (Å²) >= 11 is 0. The molecule has 20 heavy (non-hydrogen) atoms. The third-order valence-electron chi connectivity index (χ3n) is 3.09. The maximum Gasteiger partial charge on any atom is 0.231 e. The first-order valence-corrected chi connectivity index (χ1v) is 7.33. The van der Waals surface area contributed by atoms with Gasteiger partial charge in [0.2, 0.25) is 6.79 Å². The summed E-state index contributed by atoms with van der Waals surface area (Å²) in [5, 5.41) is 0. The van der Waals surface area contributed by atoms with Gasteiger partial charge in [0.25, 0.3) is 0 Å². The molecule has 0 fully saturated rings. The van der Waals surface area contributed by atoms with Gasteiger partial charge in [0.15, 0.2) is 11.5 Å². The van der Waals surface area contributed by atoms with Crippen molar-refractivity contribution in [2.24, 2.45) is 0 Å². The lowest BCUT2D eigenvalue weighted by atomic mass is 10.2. The van der Waals surface area contributed by atoms with E-state index >= 15 is 0 Å². The van der Waals surface area contributed by atoms with Crippen molar-refractivity contribution < 1.29 is 18.9 Å². The van der Waals surface area contributed by atoms with E-state index in [4.69, 9.17) is 18.9 Å². The fourth-order valence-electron chi connectivity index (χ4n) is 2.02. The molecule has 0 radical (unpaired) electrons. The van der Waals surface area contributed by atoms with E-state index in [1.165, 1.54) is 0 Å². The highest BCUT2D eigenvalue weighted by Gasteiger charge is 2.12. The highest BCUT2D eigenvalue weighted by atomic mass is 16.7. The zero-order valence-electron chi connectivity index (χ0n) is 12.4. The smallest absolute Gasteiger partial charge is 0.231 e. The standard InChI is InChI=1S/C16H24O4/c1-13(2)18-9-5-3-4-8-17-11-14-6-7-15-16(10-14)20-12-19-15/h6-7,10,13H,3-5,8-9,11-12H2,1-2H3. The molecule has 1 aromatic rings. The van der Waals surface area contributed by atoms with Gasteiger partial charge in [0.05, 0.1) is 12.7 Å². The second-order valence-electron chi connectivity index (χ2n) is 5.22. The van der Waals surface area contributed by atoms with Gasteiger partial charge in [-0.1, -0.05) is 6.07 Å². The van der Waals surface area contributed by atoms with Gasteiger partial charge >= 0.3 is 0 Å². The molecule has 0 saturated carbocycles. The van der Waals surface area contributed by atoms with Crippen LogP contribution in [0.3, 0.4) is 0 Å². The van der Waals surface area contributed by atoms with Crippen LogP contribution in [0, 0.1) is 0 Å². The van der Waals surface area contributed by atoms with Crippen LogP contribution in [0.5, 0.6) is 11.5 Å². The Bertz CT molecular complexity index is 403. The first-order chi connectivity index (χ1) is 9.75. The van der Waals surface area contributed by atoms with Crippen LogP contribution in [-0.2, 0) is 16.1 Å². The molecule has 1 heterocycles. The van der Waals surface area contributed by atoms with E-state index in [9.17, 15) is 0 Å². The average molecular weight is 280 g/mol. The van der Waals surface area contributed by atoms with Crippen molar-refractivity contribution in [3.63, 3.8) is 0 Å². The molecule has 0 saturated heterocycles. The summed E-state index contributed by atoms with van der Waals surface area (Å²) in [5.41, 5.74) is 1.12.